The van der Waals surface area contributed by atoms with E-state index in [4.69, 9.17) is 0 Å². The largest absolute Gasteiger partial charge is 0.507 e. The zero-order valence-electron chi connectivity index (χ0n) is 26.2. The number of aldehydes is 1. The quantitative estimate of drug-likeness (QED) is 0.213. The summed E-state index contributed by atoms with van der Waals surface area (Å²) in [6, 6.07) is 23.0. The lowest BCUT2D eigenvalue weighted by atomic mass is 9.74. The van der Waals surface area contributed by atoms with Gasteiger partial charge in [-0.15, -0.1) is 0 Å². The fourth-order valence-electron chi connectivity index (χ4n) is 6.46. The molecule has 0 radical (unpaired) electrons. The lowest BCUT2D eigenvalue weighted by Gasteiger charge is -2.39. The number of piperidine rings is 2. The molecule has 47 heavy (non-hydrogen) atoms. The van der Waals surface area contributed by atoms with Crippen LogP contribution in [0.2, 0.25) is 0 Å². The van der Waals surface area contributed by atoms with Crippen molar-refractivity contribution in [3.05, 3.63) is 96.3 Å². The predicted molar refractivity (Wildman–Crippen MR) is 179 cm³/mol. The SMILES string of the molecule is O=C1CCC(c2ccc(N3CCNCC3)nc2)C(=O)N1.O=CC1(c2ccccc2)CCN(c2cnnc(-c3ccccc3O)c2)CC1. The number of hydrogen-bond donors (Lipinski definition) is 3. The molecule has 2 aromatic carbocycles. The van der Waals surface area contributed by atoms with E-state index < -0.39 is 5.41 Å². The molecule has 5 heterocycles. The van der Waals surface area contributed by atoms with Crippen LogP contribution in [0.3, 0.4) is 0 Å². The summed E-state index contributed by atoms with van der Waals surface area (Å²) in [5.74, 6) is 0.487. The van der Waals surface area contributed by atoms with Crippen molar-refractivity contribution < 1.29 is 19.5 Å². The standard InChI is InChI=1S/C22H21N3O2.C14H18N4O2/c26-16-22(17-6-2-1-3-7-17)10-12-25(13-11-22)18-14-20(24-23-15-18)19-8-4-5-9-21(19)27;19-13-4-2-11(14(20)17-13)10-1-3-12(16-9-10)18-7-5-15-6-8-18/h1-9,14-16,27H,10-13H2;1,3,9,11,15H,2,4-8H2,(H,17,19,20). The smallest absolute Gasteiger partial charge is 0.234 e. The highest BCUT2D eigenvalue weighted by Crippen LogP contribution is 2.36. The van der Waals surface area contributed by atoms with Crippen molar-refractivity contribution in [3.63, 3.8) is 0 Å². The third-order valence-electron chi connectivity index (χ3n) is 9.27. The molecule has 3 N–H and O–H groups in total. The molecular formula is C36H39N7O4. The van der Waals surface area contributed by atoms with Crippen LogP contribution in [0.1, 0.15) is 42.7 Å². The number of aromatic nitrogens is 3. The van der Waals surface area contributed by atoms with Crippen LogP contribution in [-0.2, 0) is 19.8 Å². The molecular weight excluding hydrogens is 594 g/mol. The van der Waals surface area contributed by atoms with Crippen LogP contribution >= 0.6 is 0 Å². The summed E-state index contributed by atoms with van der Waals surface area (Å²) in [6.07, 6.45) is 7.09. The Kier molecular flexibility index (Phi) is 9.82. The van der Waals surface area contributed by atoms with Crippen molar-refractivity contribution in [1.29, 1.82) is 0 Å². The Morgan fingerprint density at radius 1 is 0.872 bits per heavy atom. The summed E-state index contributed by atoms with van der Waals surface area (Å²) in [5.41, 5.74) is 3.81. The first-order chi connectivity index (χ1) is 23.0. The molecule has 11 heteroatoms. The summed E-state index contributed by atoms with van der Waals surface area (Å²) in [4.78, 5) is 43.8. The summed E-state index contributed by atoms with van der Waals surface area (Å²) in [7, 11) is 0. The van der Waals surface area contributed by atoms with Gasteiger partial charge in [0, 0.05) is 57.4 Å². The third-order valence-corrected chi connectivity index (χ3v) is 9.27. The van der Waals surface area contributed by atoms with Crippen molar-refractivity contribution in [2.24, 2.45) is 0 Å². The Bertz CT molecular complexity index is 1690. The molecule has 4 aromatic rings. The molecule has 11 nitrogen and oxygen atoms in total. The average molecular weight is 634 g/mol. The Labute approximate surface area is 274 Å². The number of amides is 2. The summed E-state index contributed by atoms with van der Waals surface area (Å²) in [5, 5.41) is 24.0. The Hall–Kier alpha value is -5.16. The number of phenols is 1. The van der Waals surface area contributed by atoms with Crippen LogP contribution in [0.25, 0.3) is 11.3 Å². The maximum Gasteiger partial charge on any atom is 0.234 e. The summed E-state index contributed by atoms with van der Waals surface area (Å²) in [6.45, 7) is 5.36. The molecule has 0 aliphatic carbocycles. The van der Waals surface area contributed by atoms with E-state index in [1.165, 1.54) is 0 Å². The average Bonchev–Trinajstić information content (AvgIpc) is 3.13. The number of carbonyl (C=O) groups is 3. The van der Waals surface area contributed by atoms with Crippen LogP contribution in [-0.4, -0.2) is 77.7 Å². The Morgan fingerprint density at radius 2 is 1.62 bits per heavy atom. The highest BCUT2D eigenvalue weighted by atomic mass is 16.3. The number of para-hydroxylation sites is 1. The zero-order valence-corrected chi connectivity index (χ0v) is 26.2. The van der Waals surface area contributed by atoms with Gasteiger partial charge in [-0.25, -0.2) is 4.98 Å². The van der Waals surface area contributed by atoms with E-state index in [1.807, 2.05) is 60.7 Å². The normalized spacial score (nSPS) is 19.3. The van der Waals surface area contributed by atoms with E-state index in [9.17, 15) is 19.5 Å². The minimum absolute atomic E-state index is 0.184. The molecule has 2 amide bonds. The van der Waals surface area contributed by atoms with Crippen molar-refractivity contribution in [3.8, 4) is 17.0 Å². The summed E-state index contributed by atoms with van der Waals surface area (Å²) < 4.78 is 0. The number of piperazine rings is 1. The fourth-order valence-corrected chi connectivity index (χ4v) is 6.46. The number of hydrogen-bond acceptors (Lipinski definition) is 10. The number of nitrogens with one attached hydrogen (secondary N) is 2. The molecule has 0 saturated carbocycles. The molecule has 0 spiro atoms. The van der Waals surface area contributed by atoms with Crippen LogP contribution in [0.5, 0.6) is 5.75 Å². The van der Waals surface area contributed by atoms with Gasteiger partial charge in [0.15, 0.2) is 0 Å². The highest BCUT2D eigenvalue weighted by Gasteiger charge is 2.36. The number of rotatable bonds is 6. The molecule has 1 atom stereocenters. The van der Waals surface area contributed by atoms with E-state index in [2.05, 4.69) is 35.6 Å². The van der Waals surface area contributed by atoms with E-state index in [1.54, 1.807) is 24.5 Å². The number of imide groups is 1. The number of phenolic OH excluding ortho intramolecular Hbond substituents is 1. The molecule has 1 unspecified atom stereocenters. The predicted octanol–water partition coefficient (Wildman–Crippen LogP) is 3.60. The first-order valence-corrected chi connectivity index (χ1v) is 16.1. The van der Waals surface area contributed by atoms with Crippen molar-refractivity contribution in [2.45, 2.75) is 37.0 Å². The third kappa shape index (κ3) is 7.30. The zero-order chi connectivity index (χ0) is 32.6. The van der Waals surface area contributed by atoms with E-state index in [-0.39, 0.29) is 23.5 Å². The van der Waals surface area contributed by atoms with Crippen LogP contribution in [0.4, 0.5) is 11.5 Å². The molecule has 3 aliphatic heterocycles. The van der Waals surface area contributed by atoms with Crippen molar-refractivity contribution in [2.75, 3.05) is 49.1 Å². The lowest BCUT2D eigenvalue weighted by Crippen LogP contribution is -2.44. The molecule has 3 fully saturated rings. The lowest BCUT2D eigenvalue weighted by molar-refractivity contribution is -0.134. The first kappa shape index (κ1) is 31.8. The van der Waals surface area contributed by atoms with Gasteiger partial charge in [-0.2, -0.15) is 10.2 Å². The maximum absolute atomic E-state index is 11.9. The molecule has 3 saturated heterocycles. The van der Waals surface area contributed by atoms with Crippen molar-refractivity contribution in [1.82, 2.24) is 25.8 Å². The number of pyridine rings is 1. The number of benzene rings is 2. The van der Waals surface area contributed by atoms with Gasteiger partial charge in [-0.3, -0.25) is 14.9 Å². The van der Waals surface area contributed by atoms with E-state index in [0.29, 0.717) is 24.1 Å². The minimum Gasteiger partial charge on any atom is -0.507 e. The van der Waals surface area contributed by atoms with Crippen LogP contribution < -0.4 is 20.4 Å². The van der Waals surface area contributed by atoms with Crippen LogP contribution in [0, 0.1) is 0 Å². The highest BCUT2D eigenvalue weighted by molar-refractivity contribution is 6.00. The molecule has 0 bridgehead atoms. The van der Waals surface area contributed by atoms with Gasteiger partial charge in [0.25, 0.3) is 0 Å². The topological polar surface area (TPSA) is 141 Å². The van der Waals surface area contributed by atoms with Gasteiger partial charge >= 0.3 is 0 Å². The molecule has 7 rings (SSSR count). The second kappa shape index (κ2) is 14.5. The first-order valence-electron chi connectivity index (χ1n) is 16.1. The second-order valence-electron chi connectivity index (χ2n) is 12.1. The fraction of sp³-hybridized carbons (Fsp3) is 0.333. The van der Waals surface area contributed by atoms with Gasteiger partial charge in [-0.1, -0.05) is 48.5 Å². The summed E-state index contributed by atoms with van der Waals surface area (Å²) >= 11 is 0. The van der Waals surface area contributed by atoms with Gasteiger partial charge in [0.1, 0.15) is 17.9 Å². The Morgan fingerprint density at radius 3 is 2.30 bits per heavy atom. The van der Waals surface area contributed by atoms with Gasteiger partial charge in [-0.05, 0) is 54.7 Å². The van der Waals surface area contributed by atoms with E-state index >= 15 is 0 Å². The number of aromatic hydroxyl groups is 1. The molecule has 242 valence electrons. The van der Waals surface area contributed by atoms with Crippen LogP contribution in [0.15, 0.2) is 85.2 Å². The van der Waals surface area contributed by atoms with E-state index in [0.717, 1.165) is 81.0 Å². The molecule has 3 aliphatic rings. The number of carbonyl (C=O) groups excluding carboxylic acids is 3. The van der Waals surface area contributed by atoms with Crippen molar-refractivity contribution >= 4 is 29.6 Å². The van der Waals surface area contributed by atoms with Gasteiger partial charge < -0.3 is 25.0 Å². The van der Waals surface area contributed by atoms with Gasteiger partial charge in [0.05, 0.1) is 28.9 Å². The second-order valence-corrected chi connectivity index (χ2v) is 12.1. The minimum atomic E-state index is -0.418. The number of nitrogens with zero attached hydrogens (tertiary/aromatic N) is 5. The number of anilines is 2. The Balaban J connectivity index is 0.000000172. The monoisotopic (exact) mass is 633 g/mol. The maximum atomic E-state index is 11.9. The van der Waals surface area contributed by atoms with Gasteiger partial charge in [0.2, 0.25) is 11.8 Å². The molecule has 2 aromatic heterocycles.